The topological polar surface area (TPSA) is 38.3 Å². The minimum Gasteiger partial charge on any atom is -0.497 e. The fraction of sp³-hybridized carbons (Fsp3) is 0.278. The maximum Gasteiger partial charge on any atom is 0.224 e. The number of carbonyl (C=O) groups is 1. The van der Waals surface area contributed by atoms with Crippen LogP contribution in [-0.2, 0) is 11.2 Å². The Morgan fingerprint density at radius 1 is 1.23 bits per heavy atom. The SMILES string of the molecule is COc1ccc(CC(=O)NC2CCSc3ccccc32)cc1. The van der Waals surface area contributed by atoms with Gasteiger partial charge in [0.15, 0.2) is 0 Å². The Bertz CT molecular complexity index is 654. The first-order chi connectivity index (χ1) is 10.8. The van der Waals surface area contributed by atoms with Gasteiger partial charge >= 0.3 is 0 Å². The molecule has 1 heterocycles. The van der Waals surface area contributed by atoms with E-state index in [4.69, 9.17) is 4.74 Å². The lowest BCUT2D eigenvalue weighted by Crippen LogP contribution is -2.31. The lowest BCUT2D eigenvalue weighted by atomic mass is 10.0. The molecule has 0 aliphatic carbocycles. The number of carbonyl (C=O) groups excluding carboxylic acids is 1. The summed E-state index contributed by atoms with van der Waals surface area (Å²) in [6.07, 6.45) is 1.38. The Balaban J connectivity index is 1.65. The molecule has 0 bridgehead atoms. The number of benzene rings is 2. The molecule has 3 nitrogen and oxygen atoms in total. The van der Waals surface area contributed by atoms with Crippen LogP contribution in [0.4, 0.5) is 0 Å². The van der Waals surface area contributed by atoms with E-state index in [1.54, 1.807) is 7.11 Å². The summed E-state index contributed by atoms with van der Waals surface area (Å²) < 4.78 is 5.13. The Morgan fingerprint density at radius 2 is 2.00 bits per heavy atom. The number of nitrogens with one attached hydrogen (secondary N) is 1. The van der Waals surface area contributed by atoms with Gasteiger partial charge in [0, 0.05) is 10.6 Å². The molecule has 0 radical (unpaired) electrons. The Morgan fingerprint density at radius 3 is 2.77 bits per heavy atom. The van der Waals surface area contributed by atoms with Crippen LogP contribution in [0.2, 0.25) is 0 Å². The quantitative estimate of drug-likeness (QED) is 0.937. The van der Waals surface area contributed by atoms with Crippen molar-refractivity contribution in [2.24, 2.45) is 0 Å². The first kappa shape index (κ1) is 15.0. The summed E-state index contributed by atoms with van der Waals surface area (Å²) in [5, 5.41) is 3.17. The molecule has 2 aromatic carbocycles. The standard InChI is InChI=1S/C18H19NO2S/c1-21-14-8-6-13(7-9-14)12-18(20)19-16-10-11-22-17-5-3-2-4-15(16)17/h2-9,16H,10-12H2,1H3,(H,19,20). The van der Waals surface area contributed by atoms with Gasteiger partial charge in [-0.05, 0) is 35.7 Å². The molecule has 0 aromatic heterocycles. The van der Waals surface area contributed by atoms with Gasteiger partial charge in [-0.1, -0.05) is 30.3 Å². The lowest BCUT2D eigenvalue weighted by molar-refractivity contribution is -0.121. The number of ether oxygens (including phenoxy) is 1. The van der Waals surface area contributed by atoms with Crippen molar-refractivity contribution in [3.05, 3.63) is 59.7 Å². The van der Waals surface area contributed by atoms with E-state index < -0.39 is 0 Å². The van der Waals surface area contributed by atoms with Gasteiger partial charge in [0.1, 0.15) is 5.75 Å². The first-order valence-electron chi connectivity index (χ1n) is 7.40. The van der Waals surface area contributed by atoms with Crippen molar-refractivity contribution in [3.8, 4) is 5.75 Å². The fourth-order valence-corrected chi connectivity index (χ4v) is 3.79. The summed E-state index contributed by atoms with van der Waals surface area (Å²) in [5.41, 5.74) is 2.23. The van der Waals surface area contributed by atoms with E-state index in [0.717, 1.165) is 23.5 Å². The van der Waals surface area contributed by atoms with E-state index in [2.05, 4.69) is 17.4 Å². The summed E-state index contributed by atoms with van der Waals surface area (Å²) in [4.78, 5) is 13.6. The highest BCUT2D eigenvalue weighted by molar-refractivity contribution is 7.99. The van der Waals surface area contributed by atoms with E-state index in [-0.39, 0.29) is 11.9 Å². The number of hydrogen-bond donors (Lipinski definition) is 1. The third-order valence-corrected chi connectivity index (χ3v) is 4.94. The van der Waals surface area contributed by atoms with Gasteiger partial charge in [0.2, 0.25) is 5.91 Å². The lowest BCUT2D eigenvalue weighted by Gasteiger charge is -2.25. The Labute approximate surface area is 135 Å². The fourth-order valence-electron chi connectivity index (χ4n) is 2.67. The zero-order valence-electron chi connectivity index (χ0n) is 12.5. The summed E-state index contributed by atoms with van der Waals surface area (Å²) in [7, 11) is 1.64. The highest BCUT2D eigenvalue weighted by atomic mass is 32.2. The van der Waals surface area contributed by atoms with Crippen molar-refractivity contribution in [1.29, 1.82) is 0 Å². The number of hydrogen-bond acceptors (Lipinski definition) is 3. The van der Waals surface area contributed by atoms with E-state index in [0.29, 0.717) is 6.42 Å². The average Bonchev–Trinajstić information content (AvgIpc) is 2.56. The third-order valence-electron chi connectivity index (χ3n) is 3.82. The van der Waals surface area contributed by atoms with Crippen LogP contribution in [0.25, 0.3) is 0 Å². The molecule has 1 aliphatic rings. The maximum absolute atomic E-state index is 12.3. The molecule has 4 heteroatoms. The second kappa shape index (κ2) is 6.88. The molecular weight excluding hydrogens is 294 g/mol. The van der Waals surface area contributed by atoms with Crippen molar-refractivity contribution in [2.75, 3.05) is 12.9 Å². The molecule has 1 N–H and O–H groups in total. The summed E-state index contributed by atoms with van der Waals surface area (Å²) in [5.74, 6) is 1.92. The minimum absolute atomic E-state index is 0.0665. The highest BCUT2D eigenvalue weighted by Gasteiger charge is 2.21. The molecule has 1 atom stereocenters. The second-order valence-corrected chi connectivity index (χ2v) is 6.46. The average molecular weight is 313 g/mol. The zero-order chi connectivity index (χ0) is 15.4. The van der Waals surface area contributed by atoms with Crippen molar-refractivity contribution in [2.45, 2.75) is 23.8 Å². The minimum atomic E-state index is 0.0665. The van der Waals surface area contributed by atoms with E-state index in [9.17, 15) is 4.79 Å². The molecule has 22 heavy (non-hydrogen) atoms. The molecule has 3 rings (SSSR count). The smallest absolute Gasteiger partial charge is 0.224 e. The van der Waals surface area contributed by atoms with Crippen molar-refractivity contribution in [3.63, 3.8) is 0 Å². The van der Waals surface area contributed by atoms with Crippen molar-refractivity contribution >= 4 is 17.7 Å². The number of thioether (sulfide) groups is 1. The Hall–Kier alpha value is -1.94. The maximum atomic E-state index is 12.3. The van der Waals surface area contributed by atoms with Gasteiger partial charge < -0.3 is 10.1 Å². The Kier molecular flexibility index (Phi) is 4.68. The number of methoxy groups -OCH3 is 1. The summed E-state index contributed by atoms with van der Waals surface area (Å²) in [6.45, 7) is 0. The van der Waals surface area contributed by atoms with Crippen LogP contribution in [0, 0.1) is 0 Å². The second-order valence-electron chi connectivity index (χ2n) is 5.32. The molecule has 0 fully saturated rings. The van der Waals surface area contributed by atoms with Crippen molar-refractivity contribution < 1.29 is 9.53 Å². The molecule has 0 saturated carbocycles. The van der Waals surface area contributed by atoms with Gasteiger partial charge in [-0.3, -0.25) is 4.79 Å². The first-order valence-corrected chi connectivity index (χ1v) is 8.39. The van der Waals surface area contributed by atoms with E-state index in [1.165, 1.54) is 10.5 Å². The molecule has 1 amide bonds. The van der Waals surface area contributed by atoms with Gasteiger partial charge in [0.05, 0.1) is 19.6 Å². The highest BCUT2D eigenvalue weighted by Crippen LogP contribution is 2.35. The molecule has 114 valence electrons. The van der Waals surface area contributed by atoms with Crippen LogP contribution >= 0.6 is 11.8 Å². The van der Waals surface area contributed by atoms with Crippen LogP contribution in [0.3, 0.4) is 0 Å². The normalized spacial score (nSPS) is 16.7. The summed E-state index contributed by atoms with van der Waals surface area (Å²) >= 11 is 1.86. The van der Waals surface area contributed by atoms with Crippen LogP contribution in [0.15, 0.2) is 53.4 Å². The van der Waals surface area contributed by atoms with Crippen LogP contribution < -0.4 is 10.1 Å². The largest absolute Gasteiger partial charge is 0.497 e. The predicted molar refractivity (Wildman–Crippen MR) is 89.4 cm³/mol. The van der Waals surface area contributed by atoms with Gasteiger partial charge in [-0.25, -0.2) is 0 Å². The molecule has 1 aliphatic heterocycles. The van der Waals surface area contributed by atoms with Gasteiger partial charge in [-0.2, -0.15) is 0 Å². The number of rotatable bonds is 4. The van der Waals surface area contributed by atoms with Gasteiger partial charge in [-0.15, -0.1) is 11.8 Å². The van der Waals surface area contributed by atoms with Crippen molar-refractivity contribution in [1.82, 2.24) is 5.32 Å². The molecule has 0 saturated heterocycles. The molecule has 1 unspecified atom stereocenters. The van der Waals surface area contributed by atoms with Crippen LogP contribution in [-0.4, -0.2) is 18.8 Å². The third kappa shape index (κ3) is 3.45. The summed E-state index contributed by atoms with van der Waals surface area (Å²) in [6, 6.07) is 16.1. The monoisotopic (exact) mass is 313 g/mol. The zero-order valence-corrected chi connectivity index (χ0v) is 13.4. The van der Waals surface area contributed by atoms with Crippen LogP contribution in [0.5, 0.6) is 5.75 Å². The number of fused-ring (bicyclic) bond motifs is 1. The van der Waals surface area contributed by atoms with Gasteiger partial charge in [0.25, 0.3) is 0 Å². The molecule has 0 spiro atoms. The molecular formula is C18H19NO2S. The van der Waals surface area contributed by atoms with E-state index in [1.807, 2.05) is 48.2 Å². The predicted octanol–water partition coefficient (Wildman–Crippen LogP) is 3.59. The van der Waals surface area contributed by atoms with Crippen LogP contribution in [0.1, 0.15) is 23.6 Å². The van der Waals surface area contributed by atoms with E-state index >= 15 is 0 Å². The number of amides is 1. The molecule has 2 aromatic rings.